The molecule has 0 aliphatic carbocycles. The molecule has 96 valence electrons. The van der Waals surface area contributed by atoms with Crippen LogP contribution >= 0.6 is 0 Å². The molecule has 0 saturated carbocycles. The van der Waals surface area contributed by atoms with Gasteiger partial charge in [0.15, 0.2) is 0 Å². The zero-order chi connectivity index (χ0) is 13.0. The number of rotatable bonds is 5. The van der Waals surface area contributed by atoms with Crippen LogP contribution < -0.4 is 10.5 Å². The van der Waals surface area contributed by atoms with E-state index in [4.69, 9.17) is 10.5 Å². The fourth-order valence-electron chi connectivity index (χ4n) is 1.98. The molecule has 1 aromatic carbocycles. The minimum atomic E-state index is 0.472. The average Bonchev–Trinajstić information content (AvgIpc) is 2.87. The maximum Gasteiger partial charge on any atom is 0.123 e. The van der Waals surface area contributed by atoms with Gasteiger partial charge in [0, 0.05) is 30.4 Å². The number of nitrogens with zero attached hydrogens (tertiary/aromatic N) is 2. The Morgan fingerprint density at radius 3 is 2.83 bits per heavy atom. The molecule has 0 radical (unpaired) electrons. The Morgan fingerprint density at radius 2 is 2.17 bits per heavy atom. The third-order valence-corrected chi connectivity index (χ3v) is 2.92. The summed E-state index contributed by atoms with van der Waals surface area (Å²) in [6.07, 6.45) is 5.03. The molecule has 1 aromatic heterocycles. The van der Waals surface area contributed by atoms with Crippen LogP contribution in [0.5, 0.6) is 5.75 Å². The lowest BCUT2D eigenvalue weighted by Crippen LogP contribution is -2.00. The molecule has 0 aliphatic rings. The molecule has 0 spiro atoms. The predicted molar refractivity (Wildman–Crippen MR) is 72.4 cm³/mol. The SMILES string of the molecule is CCCn1cc(-c2ccc(OC)c(CN)c2)cn1. The lowest BCUT2D eigenvalue weighted by atomic mass is 10.1. The summed E-state index contributed by atoms with van der Waals surface area (Å²) < 4.78 is 7.23. The minimum absolute atomic E-state index is 0.472. The Bertz CT molecular complexity index is 520. The van der Waals surface area contributed by atoms with Crippen molar-refractivity contribution in [2.45, 2.75) is 26.4 Å². The molecule has 0 unspecified atom stereocenters. The number of hydrogen-bond acceptors (Lipinski definition) is 3. The second-order valence-electron chi connectivity index (χ2n) is 4.22. The molecule has 0 aliphatic heterocycles. The first-order valence-electron chi connectivity index (χ1n) is 6.18. The Balaban J connectivity index is 2.31. The van der Waals surface area contributed by atoms with Gasteiger partial charge in [0.1, 0.15) is 5.75 Å². The summed E-state index contributed by atoms with van der Waals surface area (Å²) in [5.41, 5.74) is 8.97. The molecule has 18 heavy (non-hydrogen) atoms. The van der Waals surface area contributed by atoms with Crippen molar-refractivity contribution >= 4 is 0 Å². The average molecular weight is 245 g/mol. The van der Waals surface area contributed by atoms with Gasteiger partial charge in [-0.1, -0.05) is 13.0 Å². The normalized spacial score (nSPS) is 10.6. The first-order chi connectivity index (χ1) is 8.78. The van der Waals surface area contributed by atoms with E-state index in [1.54, 1.807) is 7.11 Å². The summed E-state index contributed by atoms with van der Waals surface area (Å²) >= 11 is 0. The van der Waals surface area contributed by atoms with E-state index in [2.05, 4.69) is 24.3 Å². The first kappa shape index (κ1) is 12.6. The summed E-state index contributed by atoms with van der Waals surface area (Å²) in [5.74, 6) is 0.835. The topological polar surface area (TPSA) is 53.1 Å². The largest absolute Gasteiger partial charge is 0.496 e. The molecule has 0 fully saturated rings. The van der Waals surface area contributed by atoms with Crippen LogP contribution in [0.15, 0.2) is 30.6 Å². The van der Waals surface area contributed by atoms with Gasteiger partial charge in [-0.3, -0.25) is 4.68 Å². The van der Waals surface area contributed by atoms with Crippen molar-refractivity contribution in [2.75, 3.05) is 7.11 Å². The molecule has 0 atom stereocenters. The van der Waals surface area contributed by atoms with E-state index in [0.29, 0.717) is 6.54 Å². The number of methoxy groups -OCH3 is 1. The van der Waals surface area contributed by atoms with E-state index in [1.165, 1.54) is 0 Å². The second kappa shape index (κ2) is 5.69. The van der Waals surface area contributed by atoms with Crippen LogP contribution in [0.4, 0.5) is 0 Å². The van der Waals surface area contributed by atoms with Crippen molar-refractivity contribution in [1.29, 1.82) is 0 Å². The zero-order valence-electron chi connectivity index (χ0n) is 10.9. The zero-order valence-corrected chi connectivity index (χ0v) is 10.9. The number of aromatic nitrogens is 2. The summed E-state index contributed by atoms with van der Waals surface area (Å²) in [4.78, 5) is 0. The van der Waals surface area contributed by atoms with Crippen LogP contribution in [0.2, 0.25) is 0 Å². The van der Waals surface area contributed by atoms with E-state index < -0.39 is 0 Å². The predicted octanol–water partition coefficient (Wildman–Crippen LogP) is 2.43. The highest BCUT2D eigenvalue weighted by Crippen LogP contribution is 2.26. The van der Waals surface area contributed by atoms with Crippen molar-refractivity contribution in [1.82, 2.24) is 9.78 Å². The van der Waals surface area contributed by atoms with E-state index >= 15 is 0 Å². The van der Waals surface area contributed by atoms with Crippen molar-refractivity contribution in [2.24, 2.45) is 5.73 Å². The van der Waals surface area contributed by atoms with Crippen molar-refractivity contribution in [3.05, 3.63) is 36.2 Å². The molecule has 2 N–H and O–H groups in total. The Labute approximate surface area is 107 Å². The monoisotopic (exact) mass is 245 g/mol. The van der Waals surface area contributed by atoms with Gasteiger partial charge in [-0.15, -0.1) is 0 Å². The van der Waals surface area contributed by atoms with Crippen molar-refractivity contribution < 1.29 is 4.74 Å². The van der Waals surface area contributed by atoms with Gasteiger partial charge in [0.25, 0.3) is 0 Å². The summed E-state index contributed by atoms with van der Waals surface area (Å²) in [6.45, 7) is 3.56. The van der Waals surface area contributed by atoms with Crippen LogP contribution in [0.3, 0.4) is 0 Å². The van der Waals surface area contributed by atoms with Gasteiger partial charge >= 0.3 is 0 Å². The fourth-order valence-corrected chi connectivity index (χ4v) is 1.98. The third kappa shape index (κ3) is 2.54. The Hall–Kier alpha value is -1.81. The van der Waals surface area contributed by atoms with E-state index in [1.807, 2.05) is 23.0 Å². The maximum absolute atomic E-state index is 5.73. The molecule has 2 rings (SSSR count). The molecule has 0 saturated heterocycles. The lowest BCUT2D eigenvalue weighted by Gasteiger charge is -2.08. The molecule has 4 heteroatoms. The number of hydrogen-bond donors (Lipinski definition) is 1. The first-order valence-corrected chi connectivity index (χ1v) is 6.18. The molecule has 4 nitrogen and oxygen atoms in total. The minimum Gasteiger partial charge on any atom is -0.496 e. The Kier molecular flexibility index (Phi) is 3.99. The van der Waals surface area contributed by atoms with Crippen LogP contribution in [0.25, 0.3) is 11.1 Å². The highest BCUT2D eigenvalue weighted by molar-refractivity contribution is 5.64. The van der Waals surface area contributed by atoms with Gasteiger partial charge in [-0.2, -0.15) is 5.10 Å². The van der Waals surface area contributed by atoms with Crippen LogP contribution in [0.1, 0.15) is 18.9 Å². The lowest BCUT2D eigenvalue weighted by molar-refractivity contribution is 0.410. The van der Waals surface area contributed by atoms with E-state index in [-0.39, 0.29) is 0 Å². The van der Waals surface area contributed by atoms with Crippen LogP contribution in [-0.2, 0) is 13.1 Å². The Morgan fingerprint density at radius 1 is 1.33 bits per heavy atom. The molecular weight excluding hydrogens is 226 g/mol. The number of aryl methyl sites for hydroxylation is 1. The number of benzene rings is 1. The quantitative estimate of drug-likeness (QED) is 0.880. The second-order valence-corrected chi connectivity index (χ2v) is 4.22. The highest BCUT2D eigenvalue weighted by Gasteiger charge is 2.06. The molecule has 2 aromatic rings. The molecule has 0 amide bonds. The summed E-state index contributed by atoms with van der Waals surface area (Å²) in [6, 6.07) is 6.05. The molecule has 0 bridgehead atoms. The van der Waals surface area contributed by atoms with Gasteiger partial charge in [0.05, 0.1) is 13.3 Å². The smallest absolute Gasteiger partial charge is 0.123 e. The summed E-state index contributed by atoms with van der Waals surface area (Å²) in [5, 5.41) is 4.33. The maximum atomic E-state index is 5.73. The van der Waals surface area contributed by atoms with Crippen LogP contribution in [-0.4, -0.2) is 16.9 Å². The molecule has 1 heterocycles. The third-order valence-electron chi connectivity index (χ3n) is 2.92. The van der Waals surface area contributed by atoms with Crippen molar-refractivity contribution in [3.8, 4) is 16.9 Å². The molecular formula is C14H19N3O. The number of ether oxygens (including phenoxy) is 1. The standard InChI is InChI=1S/C14H19N3O/c1-3-6-17-10-13(9-16-17)11-4-5-14(18-2)12(7-11)8-15/h4-5,7,9-10H,3,6,8,15H2,1-2H3. The van der Waals surface area contributed by atoms with Gasteiger partial charge < -0.3 is 10.5 Å². The summed E-state index contributed by atoms with van der Waals surface area (Å²) in [7, 11) is 1.66. The van der Waals surface area contributed by atoms with Gasteiger partial charge in [0.2, 0.25) is 0 Å². The van der Waals surface area contributed by atoms with E-state index in [0.717, 1.165) is 35.4 Å². The van der Waals surface area contributed by atoms with Crippen LogP contribution in [0, 0.1) is 0 Å². The van der Waals surface area contributed by atoms with Crippen molar-refractivity contribution in [3.63, 3.8) is 0 Å². The van der Waals surface area contributed by atoms with Gasteiger partial charge in [-0.25, -0.2) is 0 Å². The highest BCUT2D eigenvalue weighted by atomic mass is 16.5. The number of nitrogens with two attached hydrogens (primary N) is 1. The van der Waals surface area contributed by atoms with Gasteiger partial charge in [-0.05, 0) is 24.1 Å². The van der Waals surface area contributed by atoms with E-state index in [9.17, 15) is 0 Å². The fraction of sp³-hybridized carbons (Fsp3) is 0.357.